The molecule has 0 aromatic carbocycles. The Morgan fingerprint density at radius 3 is 1.62 bits per heavy atom. The van der Waals surface area contributed by atoms with E-state index in [9.17, 15) is 17.3 Å². The van der Waals surface area contributed by atoms with Crippen molar-refractivity contribution in [2.24, 2.45) is 0 Å². The molecule has 10 heteroatoms. The first-order chi connectivity index (χ1) is 11.5. The van der Waals surface area contributed by atoms with Gasteiger partial charge < -0.3 is 17.3 Å². The van der Waals surface area contributed by atoms with Crippen LogP contribution in [0.15, 0.2) is 12.4 Å². The van der Waals surface area contributed by atoms with E-state index in [4.69, 9.17) is 0 Å². The molecular formula is C16H30BF4FeP3Si+. The largest absolute Gasteiger partial charge is 2.00 e. The molecule has 5 radical (unpaired) electrons. The van der Waals surface area contributed by atoms with Crippen molar-refractivity contribution in [3.05, 3.63) is 43.6 Å². The van der Waals surface area contributed by atoms with Gasteiger partial charge in [0.2, 0.25) is 0 Å². The van der Waals surface area contributed by atoms with Crippen LogP contribution in [0.2, 0.25) is 19.6 Å². The third kappa shape index (κ3) is 20.3. The maximum Gasteiger partial charge on any atom is 2.00 e. The van der Waals surface area contributed by atoms with Crippen LogP contribution in [-0.2, 0) is 17.1 Å². The van der Waals surface area contributed by atoms with Crippen LogP contribution in [0, 0.1) is 31.2 Å². The Morgan fingerprint density at radius 2 is 1.35 bits per heavy atom. The summed E-state index contributed by atoms with van der Waals surface area (Å²) in [6, 6.07) is 0. The summed E-state index contributed by atoms with van der Waals surface area (Å²) in [5, 5.41) is 0. The van der Waals surface area contributed by atoms with E-state index in [2.05, 4.69) is 57.7 Å². The fraction of sp³-hybridized carbons (Fsp3) is 0.562. The van der Waals surface area contributed by atoms with E-state index in [-0.39, 0.29) is 25.0 Å². The number of hydrogen-bond acceptors (Lipinski definition) is 0. The van der Waals surface area contributed by atoms with Gasteiger partial charge >= 0.3 is 24.3 Å². The van der Waals surface area contributed by atoms with Gasteiger partial charge in [-0.05, 0) is 68.2 Å². The molecule has 26 heavy (non-hydrogen) atoms. The third-order valence-corrected chi connectivity index (χ3v) is 11.4. The molecule has 1 aliphatic carbocycles. The minimum Gasteiger partial charge on any atom is -0.418 e. The van der Waals surface area contributed by atoms with Gasteiger partial charge in [0.05, 0.1) is 8.07 Å². The van der Waals surface area contributed by atoms with Crippen LogP contribution in [0.25, 0.3) is 0 Å². The van der Waals surface area contributed by atoms with Gasteiger partial charge in [0, 0.05) is 0 Å². The zero-order valence-electron chi connectivity index (χ0n) is 15.7. The quantitative estimate of drug-likeness (QED) is 0.236. The average molecular weight is 486 g/mol. The Balaban J connectivity index is 0. The first-order valence-electron chi connectivity index (χ1n) is 8.41. The second kappa shape index (κ2) is 16.4. The van der Waals surface area contributed by atoms with Crippen LogP contribution in [0.5, 0.6) is 0 Å². The molecule has 2 fully saturated rings. The monoisotopic (exact) mass is 486 g/mol. The van der Waals surface area contributed by atoms with Gasteiger partial charge in [0.1, 0.15) is 0 Å². The number of halogens is 4. The van der Waals surface area contributed by atoms with Crippen molar-refractivity contribution < 1.29 is 34.3 Å². The molecule has 2 rings (SSSR count). The van der Waals surface area contributed by atoms with E-state index in [1.807, 2.05) is 0 Å². The van der Waals surface area contributed by atoms with E-state index in [0.717, 1.165) is 0 Å². The molecule has 0 aromatic heterocycles. The zero-order valence-corrected chi connectivity index (χ0v) is 20.7. The van der Waals surface area contributed by atoms with Crippen LogP contribution in [0.4, 0.5) is 17.3 Å². The molecule has 0 amide bonds. The summed E-state index contributed by atoms with van der Waals surface area (Å²) in [6.07, 6.45) is 17.6. The molecule has 0 nitrogen and oxygen atoms in total. The predicted octanol–water partition coefficient (Wildman–Crippen LogP) is 6.55. The SMILES string of the molecule is C=CP1CCPCCPCC1.C[Si](C)(C)[C]1[CH][CH][CH][CH]1.F[B-](F)(F)F.[Fe+2]. The molecule has 0 bridgehead atoms. The van der Waals surface area contributed by atoms with Gasteiger partial charge in [-0.15, -0.1) is 17.2 Å². The van der Waals surface area contributed by atoms with E-state index >= 15 is 0 Å². The van der Waals surface area contributed by atoms with Gasteiger partial charge in [0.15, 0.2) is 0 Å². The van der Waals surface area contributed by atoms with Gasteiger partial charge in [-0.2, -0.15) is 0 Å². The zero-order chi connectivity index (χ0) is 19.3. The van der Waals surface area contributed by atoms with E-state index < -0.39 is 15.3 Å². The van der Waals surface area contributed by atoms with E-state index in [1.54, 1.807) is 5.54 Å². The first kappa shape index (κ1) is 29.8. The fourth-order valence-corrected chi connectivity index (χ4v) is 9.30. The van der Waals surface area contributed by atoms with Gasteiger partial charge in [0.25, 0.3) is 0 Å². The van der Waals surface area contributed by atoms with Gasteiger partial charge in [-0.25, -0.2) is 0 Å². The summed E-state index contributed by atoms with van der Waals surface area (Å²) in [5.41, 5.74) is 1.56. The summed E-state index contributed by atoms with van der Waals surface area (Å²) < 4.78 is 39.0. The van der Waals surface area contributed by atoms with Crippen LogP contribution in [-0.4, -0.2) is 52.3 Å². The van der Waals surface area contributed by atoms with Crippen molar-refractivity contribution in [2.45, 2.75) is 19.6 Å². The second-order valence-electron chi connectivity index (χ2n) is 6.64. The molecule has 0 spiro atoms. The Labute approximate surface area is 174 Å². The molecule has 0 aromatic rings. The molecule has 0 N–H and O–H groups in total. The van der Waals surface area contributed by atoms with Crippen molar-refractivity contribution in [1.82, 2.24) is 0 Å². The first-order valence-corrected chi connectivity index (χ1v) is 16.5. The average Bonchev–Trinajstić information content (AvgIpc) is 3.04. The molecule has 2 aliphatic rings. The summed E-state index contributed by atoms with van der Waals surface area (Å²) in [5.74, 6) is 2.23. The molecule has 151 valence electrons. The van der Waals surface area contributed by atoms with Crippen LogP contribution >= 0.6 is 25.1 Å². The Morgan fingerprint density at radius 1 is 0.962 bits per heavy atom. The summed E-state index contributed by atoms with van der Waals surface area (Å²) >= 11 is 0. The standard InChI is InChI=1S/C8H17P3.C8H13Si.BF4.Fe/c1-2-11-7-5-9-3-4-10-6-8-11;1-9(2,3)8-6-4-5-7-8;2-1(3,4)5;/h2,9-10H,1,3-8H2;4-7H,1-3H3;;/q;;-1;+2. The van der Waals surface area contributed by atoms with Gasteiger partial charge in [-0.3, -0.25) is 0 Å². The van der Waals surface area contributed by atoms with Crippen molar-refractivity contribution in [3.8, 4) is 0 Å². The summed E-state index contributed by atoms with van der Waals surface area (Å²) in [7, 11) is -4.23. The predicted molar refractivity (Wildman–Crippen MR) is 117 cm³/mol. The van der Waals surface area contributed by atoms with Gasteiger partial charge in [-0.1, -0.05) is 40.0 Å². The van der Waals surface area contributed by atoms with E-state index in [1.165, 1.54) is 54.1 Å². The molecule has 2 atom stereocenters. The number of hydrogen-bond donors (Lipinski definition) is 0. The van der Waals surface area contributed by atoms with Crippen molar-refractivity contribution in [1.29, 1.82) is 0 Å². The Bertz CT molecular complexity index is 335. The Hall–Kier alpha value is 1.55. The van der Waals surface area contributed by atoms with Crippen LogP contribution < -0.4 is 0 Å². The Kier molecular flexibility index (Phi) is 18.7. The normalized spacial score (nSPS) is 24.0. The minimum atomic E-state index is -6.00. The molecule has 1 heterocycles. The van der Waals surface area contributed by atoms with Crippen molar-refractivity contribution in [2.75, 3.05) is 37.0 Å². The van der Waals surface area contributed by atoms with E-state index in [0.29, 0.717) is 0 Å². The maximum absolute atomic E-state index is 9.75. The summed E-state index contributed by atoms with van der Waals surface area (Å²) in [4.78, 5) is 0. The fourth-order valence-electron chi connectivity index (χ4n) is 2.04. The van der Waals surface area contributed by atoms with Crippen molar-refractivity contribution >= 4 is 40.4 Å². The van der Waals surface area contributed by atoms with Crippen molar-refractivity contribution in [3.63, 3.8) is 0 Å². The smallest absolute Gasteiger partial charge is 0.418 e. The third-order valence-electron chi connectivity index (χ3n) is 3.42. The molecule has 1 aliphatic heterocycles. The molecular weight excluding hydrogens is 456 g/mol. The molecule has 1 saturated heterocycles. The molecule has 1 saturated carbocycles. The summed E-state index contributed by atoms with van der Waals surface area (Å²) in [6.45, 7) is 11.0. The maximum atomic E-state index is 9.75. The molecule has 2 unspecified atom stereocenters. The van der Waals surface area contributed by atoms with Crippen LogP contribution in [0.3, 0.4) is 0 Å². The second-order valence-corrected chi connectivity index (χ2v) is 17.2. The number of rotatable bonds is 2. The van der Waals surface area contributed by atoms with Crippen LogP contribution in [0.1, 0.15) is 0 Å². The minimum absolute atomic E-state index is 0. The topological polar surface area (TPSA) is 0 Å².